The number of aryl methyl sites for hydroxylation is 1. The number of alkyl halides is 1. The van der Waals surface area contributed by atoms with Gasteiger partial charge in [-0.05, 0) is 6.42 Å². The molecule has 0 aliphatic rings. The lowest BCUT2D eigenvalue weighted by Crippen LogP contribution is -2.11. The first-order chi connectivity index (χ1) is 6.65. The van der Waals surface area contributed by atoms with Crippen LogP contribution in [0.15, 0.2) is 23.3 Å². The number of nitro groups is 1. The molecule has 1 rings (SSSR count). The van der Waals surface area contributed by atoms with Crippen LogP contribution in [0.2, 0.25) is 0 Å². The van der Waals surface area contributed by atoms with E-state index in [2.05, 4.69) is 15.9 Å². The summed E-state index contributed by atoms with van der Waals surface area (Å²) in [6.45, 7) is 0.659. The zero-order valence-corrected chi connectivity index (χ0v) is 8.94. The summed E-state index contributed by atoms with van der Waals surface area (Å²) in [5, 5.41) is 11.3. The SMILES string of the molecule is O=c1ccn(CCCBr)cc1[N+](=O)[O-]. The van der Waals surface area contributed by atoms with E-state index in [1.165, 1.54) is 12.3 Å². The third-order valence-electron chi connectivity index (χ3n) is 1.70. The van der Waals surface area contributed by atoms with Gasteiger partial charge in [-0.1, -0.05) is 15.9 Å². The van der Waals surface area contributed by atoms with Crippen LogP contribution in [0.1, 0.15) is 6.42 Å². The van der Waals surface area contributed by atoms with Crippen molar-refractivity contribution in [2.75, 3.05) is 5.33 Å². The first-order valence-electron chi connectivity index (χ1n) is 4.05. The predicted molar refractivity (Wildman–Crippen MR) is 55.8 cm³/mol. The second-order valence-electron chi connectivity index (χ2n) is 2.73. The van der Waals surface area contributed by atoms with Gasteiger partial charge < -0.3 is 4.57 Å². The van der Waals surface area contributed by atoms with Crippen LogP contribution in [-0.2, 0) is 6.54 Å². The Hall–Kier alpha value is -1.17. The van der Waals surface area contributed by atoms with Crippen molar-refractivity contribution in [3.63, 3.8) is 0 Å². The summed E-state index contributed by atoms with van der Waals surface area (Å²) in [6, 6.07) is 1.21. The van der Waals surface area contributed by atoms with E-state index in [0.717, 1.165) is 11.8 Å². The van der Waals surface area contributed by atoms with Crippen LogP contribution < -0.4 is 5.43 Å². The van der Waals surface area contributed by atoms with E-state index in [1.54, 1.807) is 10.8 Å². The molecule has 1 heterocycles. The van der Waals surface area contributed by atoms with Gasteiger partial charge in [0.2, 0.25) is 0 Å². The van der Waals surface area contributed by atoms with Gasteiger partial charge in [-0.3, -0.25) is 14.9 Å². The lowest BCUT2D eigenvalue weighted by molar-refractivity contribution is -0.386. The van der Waals surface area contributed by atoms with Crippen molar-refractivity contribution >= 4 is 21.6 Å². The van der Waals surface area contributed by atoms with Crippen LogP contribution in [0.4, 0.5) is 5.69 Å². The maximum atomic E-state index is 11.0. The second kappa shape index (κ2) is 4.90. The Kier molecular flexibility index (Phi) is 3.82. The lowest BCUT2D eigenvalue weighted by atomic mass is 10.4. The average molecular weight is 261 g/mol. The highest BCUT2D eigenvalue weighted by atomic mass is 79.9. The first kappa shape index (κ1) is 10.9. The fraction of sp³-hybridized carbons (Fsp3) is 0.375. The van der Waals surface area contributed by atoms with E-state index in [9.17, 15) is 14.9 Å². The Balaban J connectivity index is 2.95. The molecule has 1 aromatic heterocycles. The van der Waals surface area contributed by atoms with Crippen LogP contribution in [0, 0.1) is 10.1 Å². The summed E-state index contributed by atoms with van der Waals surface area (Å²) in [6.07, 6.45) is 3.68. The van der Waals surface area contributed by atoms with Gasteiger partial charge in [0.15, 0.2) is 0 Å². The Labute approximate surface area is 88.6 Å². The van der Waals surface area contributed by atoms with E-state index < -0.39 is 10.4 Å². The normalized spacial score (nSPS) is 10.1. The van der Waals surface area contributed by atoms with E-state index in [4.69, 9.17) is 0 Å². The zero-order chi connectivity index (χ0) is 10.6. The molecule has 0 saturated heterocycles. The topological polar surface area (TPSA) is 65.1 Å². The third-order valence-corrected chi connectivity index (χ3v) is 2.27. The van der Waals surface area contributed by atoms with Crippen molar-refractivity contribution in [2.45, 2.75) is 13.0 Å². The van der Waals surface area contributed by atoms with Gasteiger partial charge in [-0.15, -0.1) is 0 Å². The first-order valence-corrected chi connectivity index (χ1v) is 5.17. The lowest BCUT2D eigenvalue weighted by Gasteiger charge is -2.03. The number of pyridine rings is 1. The standard InChI is InChI=1S/C8H9BrN2O3/c9-3-1-4-10-5-2-8(12)7(6-10)11(13)14/h2,5-6H,1,3-4H2. The summed E-state index contributed by atoms with van der Waals surface area (Å²) >= 11 is 3.26. The molecule has 0 bridgehead atoms. The fourth-order valence-electron chi connectivity index (χ4n) is 1.03. The molecule has 0 radical (unpaired) electrons. The van der Waals surface area contributed by atoms with Crippen LogP contribution in [-0.4, -0.2) is 14.8 Å². The molecule has 0 aliphatic heterocycles. The average Bonchev–Trinajstić information content (AvgIpc) is 2.16. The molecule has 0 amide bonds. The van der Waals surface area contributed by atoms with Gasteiger partial charge in [0.25, 0.3) is 5.43 Å². The largest absolute Gasteiger partial charge is 0.348 e. The minimum atomic E-state index is -0.660. The second-order valence-corrected chi connectivity index (χ2v) is 3.52. The quantitative estimate of drug-likeness (QED) is 0.469. The van der Waals surface area contributed by atoms with Crippen molar-refractivity contribution in [1.82, 2.24) is 4.57 Å². The van der Waals surface area contributed by atoms with Crippen molar-refractivity contribution in [2.24, 2.45) is 0 Å². The van der Waals surface area contributed by atoms with E-state index in [-0.39, 0.29) is 5.69 Å². The van der Waals surface area contributed by atoms with Crippen LogP contribution in [0.5, 0.6) is 0 Å². The molecule has 1 aromatic rings. The fourth-order valence-corrected chi connectivity index (χ4v) is 1.28. The number of halogens is 1. The molecule has 0 fully saturated rings. The zero-order valence-electron chi connectivity index (χ0n) is 7.35. The van der Waals surface area contributed by atoms with E-state index in [1.807, 2.05) is 0 Å². The van der Waals surface area contributed by atoms with Crippen LogP contribution >= 0.6 is 15.9 Å². The Bertz CT molecular complexity index is 388. The maximum absolute atomic E-state index is 11.0. The summed E-state index contributed by atoms with van der Waals surface area (Å²) in [4.78, 5) is 20.8. The highest BCUT2D eigenvalue weighted by Gasteiger charge is 2.10. The summed E-state index contributed by atoms with van der Waals surface area (Å²) in [5.74, 6) is 0. The highest BCUT2D eigenvalue weighted by Crippen LogP contribution is 2.03. The molecule has 14 heavy (non-hydrogen) atoms. The summed E-state index contributed by atoms with van der Waals surface area (Å²) < 4.78 is 1.64. The molecule has 0 aromatic carbocycles. The number of hydrogen-bond donors (Lipinski definition) is 0. The molecule has 0 aliphatic carbocycles. The molecule has 0 saturated carbocycles. The molecular formula is C8H9BrN2O3. The molecule has 0 unspecified atom stereocenters. The van der Waals surface area contributed by atoms with Gasteiger partial charge in [0.05, 0.1) is 11.1 Å². The Morgan fingerprint density at radius 2 is 2.29 bits per heavy atom. The van der Waals surface area contributed by atoms with Gasteiger partial charge in [-0.25, -0.2) is 0 Å². The third kappa shape index (κ3) is 2.66. The minimum Gasteiger partial charge on any atom is -0.348 e. The molecular weight excluding hydrogens is 252 g/mol. The van der Waals surface area contributed by atoms with Crippen LogP contribution in [0.3, 0.4) is 0 Å². The maximum Gasteiger partial charge on any atom is 0.332 e. The van der Waals surface area contributed by atoms with Crippen molar-refractivity contribution in [1.29, 1.82) is 0 Å². The number of aromatic nitrogens is 1. The molecule has 5 nitrogen and oxygen atoms in total. The summed E-state index contributed by atoms with van der Waals surface area (Å²) in [7, 11) is 0. The molecule has 6 heteroatoms. The van der Waals surface area contributed by atoms with Crippen molar-refractivity contribution in [3.8, 4) is 0 Å². The minimum absolute atomic E-state index is 0.373. The number of nitrogens with zero attached hydrogens (tertiary/aromatic N) is 2. The Morgan fingerprint density at radius 3 is 2.86 bits per heavy atom. The predicted octanol–water partition coefficient (Wildman–Crippen LogP) is 1.54. The van der Waals surface area contributed by atoms with Gasteiger partial charge >= 0.3 is 5.69 Å². The number of rotatable bonds is 4. The van der Waals surface area contributed by atoms with Gasteiger partial charge in [0, 0.05) is 24.1 Å². The van der Waals surface area contributed by atoms with Crippen LogP contribution in [0.25, 0.3) is 0 Å². The van der Waals surface area contributed by atoms with Gasteiger partial charge in [-0.2, -0.15) is 0 Å². The van der Waals surface area contributed by atoms with Crippen molar-refractivity contribution in [3.05, 3.63) is 38.8 Å². The molecule has 76 valence electrons. The highest BCUT2D eigenvalue weighted by molar-refractivity contribution is 9.09. The van der Waals surface area contributed by atoms with Gasteiger partial charge in [0.1, 0.15) is 0 Å². The van der Waals surface area contributed by atoms with E-state index in [0.29, 0.717) is 6.54 Å². The monoisotopic (exact) mass is 260 g/mol. The molecule has 0 atom stereocenters. The Morgan fingerprint density at radius 1 is 1.57 bits per heavy atom. The smallest absolute Gasteiger partial charge is 0.332 e. The molecule has 0 spiro atoms. The summed E-state index contributed by atoms with van der Waals surface area (Å²) in [5.41, 5.74) is -0.924. The van der Waals surface area contributed by atoms with Crippen molar-refractivity contribution < 1.29 is 4.92 Å². The van der Waals surface area contributed by atoms with E-state index >= 15 is 0 Å². The number of hydrogen-bond acceptors (Lipinski definition) is 3. The molecule has 0 N–H and O–H groups in total.